The van der Waals surface area contributed by atoms with E-state index in [0.29, 0.717) is 0 Å². The molecule has 0 aromatic heterocycles. The van der Waals surface area contributed by atoms with Crippen LogP contribution in [0.3, 0.4) is 0 Å². The third-order valence-electron chi connectivity index (χ3n) is 2.03. The first kappa shape index (κ1) is 12.6. The Labute approximate surface area is 103 Å². The highest BCUT2D eigenvalue weighted by atomic mass is 79.9. The van der Waals surface area contributed by atoms with Gasteiger partial charge in [0.2, 0.25) is 5.91 Å². The van der Waals surface area contributed by atoms with Gasteiger partial charge in [0.15, 0.2) is 0 Å². The predicted octanol–water partition coefficient (Wildman–Crippen LogP) is 2.82. The SMILES string of the molecule is CNC(=O)C(C)SCc1ccc(Br)cc1. The molecule has 0 spiro atoms. The van der Waals surface area contributed by atoms with Crippen LogP contribution in [0, 0.1) is 0 Å². The van der Waals surface area contributed by atoms with Crippen molar-refractivity contribution < 1.29 is 4.79 Å². The van der Waals surface area contributed by atoms with Gasteiger partial charge in [-0.15, -0.1) is 11.8 Å². The fourth-order valence-corrected chi connectivity index (χ4v) is 2.25. The largest absolute Gasteiger partial charge is 0.358 e. The van der Waals surface area contributed by atoms with Gasteiger partial charge in [-0.3, -0.25) is 4.79 Å². The molecular weight excluding hydrogens is 274 g/mol. The molecule has 1 aromatic carbocycles. The zero-order valence-corrected chi connectivity index (χ0v) is 11.2. The van der Waals surface area contributed by atoms with Crippen molar-refractivity contribution >= 4 is 33.6 Å². The van der Waals surface area contributed by atoms with E-state index in [1.165, 1.54) is 5.56 Å². The molecule has 0 bridgehead atoms. The lowest BCUT2D eigenvalue weighted by atomic mass is 10.2. The van der Waals surface area contributed by atoms with E-state index in [-0.39, 0.29) is 11.2 Å². The van der Waals surface area contributed by atoms with Crippen LogP contribution in [-0.2, 0) is 10.5 Å². The molecule has 1 atom stereocenters. The van der Waals surface area contributed by atoms with E-state index >= 15 is 0 Å². The summed E-state index contributed by atoms with van der Waals surface area (Å²) in [5.74, 6) is 0.944. The summed E-state index contributed by atoms with van der Waals surface area (Å²) in [5.41, 5.74) is 1.24. The Morgan fingerprint density at radius 2 is 2.07 bits per heavy atom. The normalized spacial score (nSPS) is 12.2. The van der Waals surface area contributed by atoms with Gasteiger partial charge >= 0.3 is 0 Å². The fourth-order valence-electron chi connectivity index (χ4n) is 1.08. The van der Waals surface area contributed by atoms with Gasteiger partial charge in [-0.05, 0) is 24.6 Å². The molecule has 0 fully saturated rings. The lowest BCUT2D eigenvalue weighted by Crippen LogP contribution is -2.27. The monoisotopic (exact) mass is 287 g/mol. The Morgan fingerprint density at radius 3 is 2.60 bits per heavy atom. The van der Waals surface area contributed by atoms with E-state index in [9.17, 15) is 4.79 Å². The van der Waals surface area contributed by atoms with Crippen molar-refractivity contribution in [1.82, 2.24) is 5.32 Å². The second kappa shape index (κ2) is 6.18. The van der Waals surface area contributed by atoms with E-state index in [0.717, 1.165) is 10.2 Å². The lowest BCUT2D eigenvalue weighted by Gasteiger charge is -2.09. The number of nitrogens with one attached hydrogen (secondary N) is 1. The number of amides is 1. The number of hydrogen-bond acceptors (Lipinski definition) is 2. The molecule has 1 N–H and O–H groups in total. The second-order valence-corrected chi connectivity index (χ2v) is 5.44. The highest BCUT2D eigenvalue weighted by molar-refractivity contribution is 9.10. The zero-order valence-electron chi connectivity index (χ0n) is 8.79. The Kier molecular flexibility index (Phi) is 5.19. The number of hydrogen-bond donors (Lipinski definition) is 1. The van der Waals surface area contributed by atoms with E-state index in [1.54, 1.807) is 18.8 Å². The molecule has 0 aliphatic carbocycles. The fraction of sp³-hybridized carbons (Fsp3) is 0.364. The van der Waals surface area contributed by atoms with Crippen molar-refractivity contribution in [2.24, 2.45) is 0 Å². The summed E-state index contributed by atoms with van der Waals surface area (Å²) in [7, 11) is 1.67. The maximum atomic E-state index is 11.2. The first-order valence-electron chi connectivity index (χ1n) is 4.71. The van der Waals surface area contributed by atoms with Gasteiger partial charge in [-0.25, -0.2) is 0 Å². The molecule has 4 heteroatoms. The number of carbonyl (C=O) groups excluding carboxylic acids is 1. The molecule has 2 nitrogen and oxygen atoms in total. The minimum absolute atomic E-state index is 0.00125. The topological polar surface area (TPSA) is 29.1 Å². The number of rotatable bonds is 4. The molecule has 1 amide bonds. The molecular formula is C11H14BrNOS. The summed E-state index contributed by atoms with van der Waals surface area (Å²) in [6, 6.07) is 8.15. The van der Waals surface area contributed by atoms with Gasteiger partial charge in [0, 0.05) is 17.3 Å². The van der Waals surface area contributed by atoms with Crippen LogP contribution in [0.4, 0.5) is 0 Å². The van der Waals surface area contributed by atoms with Crippen LogP contribution in [0.2, 0.25) is 0 Å². The van der Waals surface area contributed by atoms with Crippen LogP contribution in [-0.4, -0.2) is 18.2 Å². The Balaban J connectivity index is 2.43. The average Bonchev–Trinajstić information content (AvgIpc) is 2.26. The summed E-state index contributed by atoms with van der Waals surface area (Å²) in [4.78, 5) is 11.2. The predicted molar refractivity (Wildman–Crippen MR) is 69.0 cm³/mol. The number of thioether (sulfide) groups is 1. The van der Waals surface area contributed by atoms with Crippen molar-refractivity contribution in [3.05, 3.63) is 34.3 Å². The van der Waals surface area contributed by atoms with Gasteiger partial charge in [0.25, 0.3) is 0 Å². The third-order valence-corrected chi connectivity index (χ3v) is 3.77. The Morgan fingerprint density at radius 1 is 1.47 bits per heavy atom. The van der Waals surface area contributed by atoms with Crippen LogP contribution in [0.15, 0.2) is 28.7 Å². The molecule has 0 heterocycles. The smallest absolute Gasteiger partial charge is 0.232 e. The first-order chi connectivity index (χ1) is 7.13. The minimum Gasteiger partial charge on any atom is -0.358 e. The van der Waals surface area contributed by atoms with Gasteiger partial charge in [-0.2, -0.15) is 0 Å². The summed E-state index contributed by atoms with van der Waals surface area (Å²) >= 11 is 5.03. The molecule has 1 aromatic rings. The van der Waals surface area contributed by atoms with Crippen molar-refractivity contribution in [2.45, 2.75) is 17.9 Å². The summed E-state index contributed by atoms with van der Waals surface area (Å²) < 4.78 is 1.08. The van der Waals surface area contributed by atoms with Gasteiger partial charge in [0.1, 0.15) is 0 Å². The molecule has 0 saturated carbocycles. The standard InChI is InChI=1S/C11H14BrNOS/c1-8(11(14)13-2)15-7-9-3-5-10(12)6-4-9/h3-6,8H,7H2,1-2H3,(H,13,14). The van der Waals surface area contributed by atoms with E-state index in [4.69, 9.17) is 0 Å². The van der Waals surface area contributed by atoms with Crippen LogP contribution in [0.5, 0.6) is 0 Å². The Hall–Kier alpha value is -0.480. The maximum absolute atomic E-state index is 11.2. The molecule has 1 rings (SSSR count). The summed E-state index contributed by atoms with van der Waals surface area (Å²) in [6.07, 6.45) is 0. The van der Waals surface area contributed by atoms with Crippen LogP contribution < -0.4 is 5.32 Å². The molecule has 1 unspecified atom stereocenters. The maximum Gasteiger partial charge on any atom is 0.232 e. The van der Waals surface area contributed by atoms with Crippen LogP contribution >= 0.6 is 27.7 Å². The summed E-state index contributed by atoms with van der Waals surface area (Å²) in [6.45, 7) is 1.92. The molecule has 0 saturated heterocycles. The lowest BCUT2D eigenvalue weighted by molar-refractivity contribution is -0.119. The van der Waals surface area contributed by atoms with Crippen molar-refractivity contribution in [2.75, 3.05) is 7.05 Å². The Bertz CT molecular complexity index is 326. The van der Waals surface area contributed by atoms with Gasteiger partial charge < -0.3 is 5.32 Å². The van der Waals surface area contributed by atoms with Crippen molar-refractivity contribution in [3.63, 3.8) is 0 Å². The first-order valence-corrected chi connectivity index (χ1v) is 6.55. The third kappa shape index (κ3) is 4.26. The van der Waals surface area contributed by atoms with E-state index < -0.39 is 0 Å². The zero-order chi connectivity index (χ0) is 11.3. The van der Waals surface area contributed by atoms with Gasteiger partial charge in [-0.1, -0.05) is 28.1 Å². The minimum atomic E-state index is -0.00125. The highest BCUT2D eigenvalue weighted by Crippen LogP contribution is 2.19. The molecule has 82 valence electrons. The molecule has 15 heavy (non-hydrogen) atoms. The quantitative estimate of drug-likeness (QED) is 0.923. The molecule has 0 radical (unpaired) electrons. The van der Waals surface area contributed by atoms with E-state index in [2.05, 4.69) is 33.4 Å². The second-order valence-electron chi connectivity index (χ2n) is 3.19. The van der Waals surface area contributed by atoms with Crippen LogP contribution in [0.1, 0.15) is 12.5 Å². The van der Waals surface area contributed by atoms with Crippen molar-refractivity contribution in [1.29, 1.82) is 0 Å². The number of carbonyl (C=O) groups is 1. The molecule has 0 aliphatic rings. The highest BCUT2D eigenvalue weighted by Gasteiger charge is 2.10. The van der Waals surface area contributed by atoms with E-state index in [1.807, 2.05) is 19.1 Å². The van der Waals surface area contributed by atoms with Crippen LogP contribution in [0.25, 0.3) is 0 Å². The number of benzene rings is 1. The summed E-state index contributed by atoms with van der Waals surface area (Å²) in [5, 5.41) is 2.64. The van der Waals surface area contributed by atoms with Gasteiger partial charge in [0.05, 0.1) is 5.25 Å². The molecule has 0 aliphatic heterocycles. The average molecular weight is 288 g/mol. The van der Waals surface area contributed by atoms with Crippen molar-refractivity contribution in [3.8, 4) is 0 Å². The number of halogens is 1.